The largest absolute Gasteiger partial charge is 0.330 e. The molecule has 4 rings (SSSR count). The minimum atomic E-state index is 0.512. The van der Waals surface area contributed by atoms with Gasteiger partial charge in [-0.15, -0.1) is 0 Å². The third-order valence-corrected chi connectivity index (χ3v) is 5.30. The summed E-state index contributed by atoms with van der Waals surface area (Å²) in [6.07, 6.45) is 13.5. The molecule has 4 heteroatoms. The van der Waals surface area contributed by atoms with E-state index in [1.165, 1.54) is 57.2 Å². The van der Waals surface area contributed by atoms with Crippen molar-refractivity contribution in [1.82, 2.24) is 14.5 Å². The summed E-state index contributed by atoms with van der Waals surface area (Å²) in [7, 11) is 0. The number of hydrogen-bond donors (Lipinski definition) is 1. The molecule has 0 aromatic carbocycles. The lowest BCUT2D eigenvalue weighted by molar-refractivity contribution is 0.142. The molecule has 2 unspecified atom stereocenters. The number of aromatic nitrogens is 2. The maximum Gasteiger partial charge on any atom is 0.0951 e. The van der Waals surface area contributed by atoms with Gasteiger partial charge in [0.05, 0.1) is 18.1 Å². The fourth-order valence-corrected chi connectivity index (χ4v) is 3.94. The summed E-state index contributed by atoms with van der Waals surface area (Å²) >= 11 is 0. The van der Waals surface area contributed by atoms with Gasteiger partial charge in [-0.1, -0.05) is 6.42 Å². The second kappa shape index (κ2) is 5.15. The molecule has 110 valence electrons. The number of imidazole rings is 1. The van der Waals surface area contributed by atoms with Crippen LogP contribution in [0.5, 0.6) is 0 Å². The molecule has 3 fully saturated rings. The topological polar surface area (TPSA) is 47.1 Å². The SMILES string of the molecule is NCC1CCCCN(C2CC2)C1c1cncn1C1CC1. The van der Waals surface area contributed by atoms with Gasteiger partial charge in [-0.05, 0) is 57.5 Å². The van der Waals surface area contributed by atoms with E-state index in [1.54, 1.807) is 0 Å². The number of nitrogens with zero attached hydrogens (tertiary/aromatic N) is 3. The summed E-state index contributed by atoms with van der Waals surface area (Å²) in [4.78, 5) is 7.23. The van der Waals surface area contributed by atoms with Gasteiger partial charge in [0.1, 0.15) is 0 Å². The highest BCUT2D eigenvalue weighted by Gasteiger charge is 2.41. The Morgan fingerprint density at radius 2 is 1.90 bits per heavy atom. The van der Waals surface area contributed by atoms with Gasteiger partial charge in [0.15, 0.2) is 0 Å². The van der Waals surface area contributed by atoms with Gasteiger partial charge in [0, 0.05) is 18.3 Å². The van der Waals surface area contributed by atoms with E-state index in [1.807, 2.05) is 0 Å². The van der Waals surface area contributed by atoms with Crippen molar-refractivity contribution in [1.29, 1.82) is 0 Å². The van der Waals surface area contributed by atoms with Gasteiger partial charge in [-0.3, -0.25) is 4.90 Å². The minimum absolute atomic E-state index is 0.512. The first-order valence-corrected chi connectivity index (χ1v) is 8.36. The average molecular weight is 274 g/mol. The lowest BCUT2D eigenvalue weighted by Crippen LogP contribution is -2.38. The summed E-state index contributed by atoms with van der Waals surface area (Å²) in [5.41, 5.74) is 7.58. The predicted octanol–water partition coefficient (Wildman–Crippen LogP) is 2.48. The first kappa shape index (κ1) is 12.8. The average Bonchev–Trinajstić information content (AvgIpc) is 3.36. The van der Waals surface area contributed by atoms with E-state index in [0.717, 1.165) is 18.6 Å². The molecule has 0 bridgehead atoms. The van der Waals surface area contributed by atoms with E-state index in [4.69, 9.17) is 5.73 Å². The maximum atomic E-state index is 6.14. The highest BCUT2D eigenvalue weighted by molar-refractivity contribution is 5.13. The molecule has 2 aliphatic carbocycles. The quantitative estimate of drug-likeness (QED) is 0.917. The summed E-state index contributed by atoms with van der Waals surface area (Å²) in [6, 6.07) is 2.04. The first-order chi connectivity index (χ1) is 9.88. The van der Waals surface area contributed by atoms with Crippen LogP contribution in [0.4, 0.5) is 0 Å². The van der Waals surface area contributed by atoms with E-state index in [-0.39, 0.29) is 0 Å². The normalized spacial score (nSPS) is 32.2. The summed E-state index contributed by atoms with van der Waals surface area (Å²) < 4.78 is 2.45. The predicted molar refractivity (Wildman–Crippen MR) is 79.4 cm³/mol. The number of hydrogen-bond acceptors (Lipinski definition) is 3. The van der Waals surface area contributed by atoms with Crippen LogP contribution in [-0.2, 0) is 0 Å². The molecule has 4 nitrogen and oxygen atoms in total. The molecule has 1 aromatic rings. The van der Waals surface area contributed by atoms with Crippen molar-refractivity contribution in [2.75, 3.05) is 13.1 Å². The van der Waals surface area contributed by atoms with Crippen LogP contribution in [-0.4, -0.2) is 33.6 Å². The van der Waals surface area contributed by atoms with Crippen LogP contribution in [0.25, 0.3) is 0 Å². The van der Waals surface area contributed by atoms with Crippen LogP contribution in [0.3, 0.4) is 0 Å². The van der Waals surface area contributed by atoms with Crippen LogP contribution in [0.1, 0.15) is 62.7 Å². The van der Waals surface area contributed by atoms with Gasteiger partial charge in [-0.2, -0.15) is 0 Å². The van der Waals surface area contributed by atoms with Gasteiger partial charge in [0.25, 0.3) is 0 Å². The van der Waals surface area contributed by atoms with E-state index < -0.39 is 0 Å². The lowest BCUT2D eigenvalue weighted by Gasteiger charge is -2.35. The molecular weight excluding hydrogens is 248 g/mol. The van der Waals surface area contributed by atoms with Crippen molar-refractivity contribution in [2.45, 2.75) is 63.1 Å². The lowest BCUT2D eigenvalue weighted by atomic mass is 9.92. The second-order valence-electron chi connectivity index (χ2n) is 6.86. The molecule has 1 aromatic heterocycles. The third-order valence-electron chi connectivity index (χ3n) is 5.30. The molecule has 20 heavy (non-hydrogen) atoms. The molecule has 1 aliphatic heterocycles. The van der Waals surface area contributed by atoms with Gasteiger partial charge >= 0.3 is 0 Å². The molecule has 2 saturated carbocycles. The standard InChI is InChI=1S/C16H26N4/c17-9-12-3-1-2-8-19(13-4-5-13)16(12)15-10-18-11-20(15)14-6-7-14/h10-14,16H,1-9,17H2. The Morgan fingerprint density at radius 1 is 1.10 bits per heavy atom. The smallest absolute Gasteiger partial charge is 0.0951 e. The summed E-state index contributed by atoms with van der Waals surface area (Å²) in [6.45, 7) is 2.06. The maximum absolute atomic E-state index is 6.14. The molecule has 0 spiro atoms. The Hall–Kier alpha value is -0.870. The number of likely N-dealkylation sites (tertiary alicyclic amines) is 1. The van der Waals surface area contributed by atoms with Crippen LogP contribution >= 0.6 is 0 Å². The van der Waals surface area contributed by atoms with Gasteiger partial charge in [-0.25, -0.2) is 4.98 Å². The zero-order valence-corrected chi connectivity index (χ0v) is 12.2. The van der Waals surface area contributed by atoms with E-state index in [2.05, 4.69) is 27.0 Å². The molecular formula is C16H26N4. The summed E-state index contributed by atoms with van der Waals surface area (Å²) in [5.74, 6) is 0.604. The van der Waals surface area contributed by atoms with Crippen molar-refractivity contribution in [3.63, 3.8) is 0 Å². The zero-order chi connectivity index (χ0) is 13.5. The van der Waals surface area contributed by atoms with E-state index >= 15 is 0 Å². The van der Waals surface area contributed by atoms with E-state index in [9.17, 15) is 0 Å². The highest BCUT2D eigenvalue weighted by atomic mass is 15.2. The van der Waals surface area contributed by atoms with Gasteiger partial charge in [0.2, 0.25) is 0 Å². The van der Waals surface area contributed by atoms with Crippen molar-refractivity contribution in [3.05, 3.63) is 18.2 Å². The van der Waals surface area contributed by atoms with Gasteiger partial charge < -0.3 is 10.3 Å². The van der Waals surface area contributed by atoms with Crippen molar-refractivity contribution in [3.8, 4) is 0 Å². The Labute approximate surface area is 121 Å². The second-order valence-corrected chi connectivity index (χ2v) is 6.86. The van der Waals surface area contributed by atoms with Crippen LogP contribution in [0.2, 0.25) is 0 Å². The molecule has 2 N–H and O–H groups in total. The third kappa shape index (κ3) is 2.29. The van der Waals surface area contributed by atoms with Crippen LogP contribution < -0.4 is 5.73 Å². The summed E-state index contributed by atoms with van der Waals surface area (Å²) in [5, 5.41) is 0. The Balaban J connectivity index is 1.69. The zero-order valence-electron chi connectivity index (χ0n) is 12.2. The Bertz CT molecular complexity index is 461. The Kier molecular flexibility index (Phi) is 3.31. The molecule has 3 aliphatic rings. The monoisotopic (exact) mass is 274 g/mol. The van der Waals surface area contributed by atoms with Crippen LogP contribution in [0, 0.1) is 5.92 Å². The fourth-order valence-electron chi connectivity index (χ4n) is 3.94. The van der Waals surface area contributed by atoms with E-state index in [0.29, 0.717) is 12.0 Å². The highest BCUT2D eigenvalue weighted by Crippen LogP contribution is 2.44. The molecule has 0 amide bonds. The molecule has 1 saturated heterocycles. The van der Waals surface area contributed by atoms with Crippen molar-refractivity contribution < 1.29 is 0 Å². The number of rotatable bonds is 4. The molecule has 2 atom stereocenters. The first-order valence-electron chi connectivity index (χ1n) is 8.36. The van der Waals surface area contributed by atoms with Crippen LogP contribution in [0.15, 0.2) is 12.5 Å². The minimum Gasteiger partial charge on any atom is -0.330 e. The Morgan fingerprint density at radius 3 is 2.60 bits per heavy atom. The molecule has 2 heterocycles. The van der Waals surface area contributed by atoms with Crippen molar-refractivity contribution >= 4 is 0 Å². The molecule has 0 radical (unpaired) electrons. The number of nitrogens with two attached hydrogens (primary N) is 1. The fraction of sp³-hybridized carbons (Fsp3) is 0.812. The van der Waals surface area contributed by atoms with Crippen molar-refractivity contribution in [2.24, 2.45) is 11.7 Å².